The number of methoxy groups -OCH3 is 1. The second-order valence-electron chi connectivity index (χ2n) is 9.83. The van der Waals surface area contributed by atoms with Crippen LogP contribution < -0.4 is 39.7 Å². The van der Waals surface area contributed by atoms with E-state index in [2.05, 4.69) is 21.2 Å². The third-order valence-electron chi connectivity index (χ3n) is 6.77. The topological polar surface area (TPSA) is 155 Å². The molecule has 0 spiro atoms. The van der Waals surface area contributed by atoms with Crippen molar-refractivity contribution in [2.75, 3.05) is 27.1 Å². The highest BCUT2D eigenvalue weighted by Gasteiger charge is 2.32. The number of benzene rings is 3. The minimum Gasteiger partial charge on any atom is -0.493 e. The van der Waals surface area contributed by atoms with Gasteiger partial charge in [-0.25, -0.2) is 15.0 Å². The van der Waals surface area contributed by atoms with E-state index in [1.54, 1.807) is 44.2 Å². The third-order valence-corrected chi connectivity index (χ3v) is 6.77. The molecule has 1 atom stereocenters. The van der Waals surface area contributed by atoms with Crippen molar-refractivity contribution in [2.45, 2.75) is 26.5 Å². The average Bonchev–Trinajstić information content (AvgIpc) is 3.51. The summed E-state index contributed by atoms with van der Waals surface area (Å²) in [6.45, 7) is 3.77. The summed E-state index contributed by atoms with van der Waals surface area (Å²) < 4.78 is 32.8. The number of urea groups is 1. The van der Waals surface area contributed by atoms with E-state index in [1.165, 1.54) is 13.3 Å². The molecule has 0 saturated heterocycles. The van der Waals surface area contributed by atoms with Gasteiger partial charge in [0, 0.05) is 5.70 Å². The van der Waals surface area contributed by atoms with Crippen molar-refractivity contribution < 1.29 is 42.8 Å². The Balaban J connectivity index is 1.12. The maximum atomic E-state index is 12.6. The molecule has 2 heterocycles. The van der Waals surface area contributed by atoms with Gasteiger partial charge in [0.05, 0.1) is 31.5 Å². The molecule has 13 heteroatoms. The molecular weight excluding hydrogens is 584 g/mol. The Morgan fingerprint density at radius 3 is 2.60 bits per heavy atom. The molecule has 45 heavy (non-hydrogen) atoms. The predicted octanol–water partition coefficient (Wildman–Crippen LogP) is 3.72. The fraction of sp³-hybridized carbons (Fsp3) is 0.250. The highest BCUT2D eigenvalue weighted by atomic mass is 16.7. The largest absolute Gasteiger partial charge is 0.493 e. The van der Waals surface area contributed by atoms with Crippen LogP contribution in [-0.2, 0) is 20.9 Å². The maximum Gasteiger partial charge on any atom is 0.338 e. The number of esters is 1. The first-order valence-corrected chi connectivity index (χ1v) is 14.0. The van der Waals surface area contributed by atoms with E-state index in [4.69, 9.17) is 28.4 Å². The van der Waals surface area contributed by atoms with Gasteiger partial charge in [-0.2, -0.15) is 5.10 Å². The summed E-state index contributed by atoms with van der Waals surface area (Å²) in [4.78, 5) is 37.1. The fourth-order valence-electron chi connectivity index (χ4n) is 4.61. The lowest BCUT2D eigenvalue weighted by Gasteiger charge is -2.28. The lowest BCUT2D eigenvalue weighted by Crippen LogP contribution is -2.45. The molecule has 0 radical (unpaired) electrons. The van der Waals surface area contributed by atoms with Gasteiger partial charge in [0.1, 0.15) is 12.4 Å². The van der Waals surface area contributed by atoms with Crippen molar-refractivity contribution in [1.29, 1.82) is 0 Å². The summed E-state index contributed by atoms with van der Waals surface area (Å²) in [5, 5.41) is 9.31. The molecule has 0 aromatic heterocycles. The number of amides is 3. The van der Waals surface area contributed by atoms with Crippen LogP contribution in [0.15, 0.2) is 77.0 Å². The number of nitrogens with zero attached hydrogens (tertiary/aromatic N) is 1. The molecule has 0 unspecified atom stereocenters. The zero-order valence-corrected chi connectivity index (χ0v) is 24.9. The first kappa shape index (κ1) is 30.7. The second-order valence-corrected chi connectivity index (χ2v) is 9.83. The number of ether oxygens (including phenoxy) is 6. The van der Waals surface area contributed by atoms with E-state index in [1.807, 2.05) is 30.3 Å². The van der Waals surface area contributed by atoms with Crippen LogP contribution in [0.4, 0.5) is 4.79 Å². The van der Waals surface area contributed by atoms with Crippen LogP contribution in [0.25, 0.3) is 0 Å². The summed E-state index contributed by atoms with van der Waals surface area (Å²) in [5.74, 6) is 1.65. The normalized spacial score (nSPS) is 15.3. The first-order chi connectivity index (χ1) is 21.8. The van der Waals surface area contributed by atoms with Gasteiger partial charge in [-0.05, 0) is 79.1 Å². The summed E-state index contributed by atoms with van der Waals surface area (Å²) >= 11 is 0. The molecule has 3 aromatic rings. The molecule has 2 aliphatic heterocycles. The number of carbonyl (C=O) groups is 3. The molecule has 3 N–H and O–H groups in total. The molecule has 234 valence electrons. The van der Waals surface area contributed by atoms with Crippen LogP contribution in [0.3, 0.4) is 0 Å². The number of allylic oxidation sites excluding steroid dienone is 1. The highest BCUT2D eigenvalue weighted by Crippen LogP contribution is 2.35. The van der Waals surface area contributed by atoms with Crippen molar-refractivity contribution in [1.82, 2.24) is 16.1 Å². The molecule has 0 saturated carbocycles. The molecule has 2 aliphatic rings. The van der Waals surface area contributed by atoms with E-state index in [9.17, 15) is 14.4 Å². The average molecular weight is 617 g/mol. The van der Waals surface area contributed by atoms with Crippen molar-refractivity contribution in [3.05, 3.63) is 88.6 Å². The van der Waals surface area contributed by atoms with Gasteiger partial charge in [-0.15, -0.1) is 0 Å². The minimum absolute atomic E-state index is 0.184. The van der Waals surface area contributed by atoms with Crippen LogP contribution in [0.5, 0.6) is 28.7 Å². The van der Waals surface area contributed by atoms with Crippen LogP contribution in [0.2, 0.25) is 0 Å². The number of nitrogens with one attached hydrogen (secondary N) is 3. The van der Waals surface area contributed by atoms with Crippen LogP contribution in [0, 0.1) is 0 Å². The molecule has 3 amide bonds. The van der Waals surface area contributed by atoms with Gasteiger partial charge >= 0.3 is 12.0 Å². The Hall–Kier alpha value is -5.72. The molecule has 0 bridgehead atoms. The summed E-state index contributed by atoms with van der Waals surface area (Å²) in [5.41, 5.74) is 5.35. The van der Waals surface area contributed by atoms with Crippen LogP contribution in [-0.4, -0.2) is 51.2 Å². The Morgan fingerprint density at radius 2 is 1.82 bits per heavy atom. The van der Waals surface area contributed by atoms with Crippen molar-refractivity contribution >= 4 is 24.1 Å². The lowest BCUT2D eigenvalue weighted by molar-refractivity contribution is -0.139. The summed E-state index contributed by atoms with van der Waals surface area (Å²) in [6, 6.07) is 16.5. The van der Waals surface area contributed by atoms with E-state index in [0.29, 0.717) is 35.1 Å². The predicted molar refractivity (Wildman–Crippen MR) is 161 cm³/mol. The molecule has 0 fully saturated rings. The smallest absolute Gasteiger partial charge is 0.338 e. The molecule has 5 rings (SSSR count). The van der Waals surface area contributed by atoms with Crippen LogP contribution >= 0.6 is 0 Å². The van der Waals surface area contributed by atoms with Crippen LogP contribution in [0.1, 0.15) is 36.6 Å². The van der Waals surface area contributed by atoms with Crippen molar-refractivity contribution in [3.63, 3.8) is 0 Å². The van der Waals surface area contributed by atoms with E-state index in [-0.39, 0.29) is 31.3 Å². The monoisotopic (exact) mass is 616 g/mol. The Morgan fingerprint density at radius 1 is 1.02 bits per heavy atom. The van der Waals surface area contributed by atoms with E-state index >= 15 is 0 Å². The zero-order chi connectivity index (χ0) is 31.8. The fourth-order valence-corrected chi connectivity index (χ4v) is 4.61. The Kier molecular flexibility index (Phi) is 9.67. The number of carbonyl (C=O) groups excluding carboxylic acids is 3. The van der Waals surface area contributed by atoms with Gasteiger partial charge in [-0.3, -0.25) is 4.79 Å². The minimum atomic E-state index is -0.769. The SMILES string of the molecule is CCOC(=O)C1=C(C)NC(=O)N[C@H]1c1ccc(OCC(=O)N/N=C\c2ccc(OCc3ccc4c(c3)OCO4)cc2)c(OC)c1. The van der Waals surface area contributed by atoms with Crippen molar-refractivity contribution in [3.8, 4) is 28.7 Å². The van der Waals surface area contributed by atoms with Gasteiger partial charge in [0.25, 0.3) is 5.91 Å². The second kappa shape index (κ2) is 14.2. The van der Waals surface area contributed by atoms with Gasteiger partial charge in [-0.1, -0.05) is 12.1 Å². The Bertz CT molecular complexity index is 1640. The highest BCUT2D eigenvalue weighted by molar-refractivity contribution is 5.95. The van der Waals surface area contributed by atoms with Gasteiger partial charge in [0.15, 0.2) is 29.6 Å². The standard InChI is InChI=1S/C32H32N4O9/c1-4-41-31(38)29-19(2)34-32(39)35-30(29)22-8-12-24(26(14-22)40-3)43-17-28(37)36-33-15-20-5-9-23(10-6-20)42-16-21-7-11-25-27(13-21)45-18-44-25/h5-15,30H,4,16-18H2,1-3H3,(H,36,37)(H2,34,35,39)/b33-15-/t30-/m0/s1. The first-order valence-electron chi connectivity index (χ1n) is 14.0. The summed E-state index contributed by atoms with van der Waals surface area (Å²) in [6.07, 6.45) is 1.50. The maximum absolute atomic E-state index is 12.6. The molecule has 0 aliphatic carbocycles. The number of hydrazone groups is 1. The summed E-state index contributed by atoms with van der Waals surface area (Å²) in [7, 11) is 1.44. The molecule has 3 aromatic carbocycles. The quantitative estimate of drug-likeness (QED) is 0.157. The number of rotatable bonds is 12. The van der Waals surface area contributed by atoms with Gasteiger partial charge in [0.2, 0.25) is 6.79 Å². The van der Waals surface area contributed by atoms with E-state index < -0.39 is 23.9 Å². The number of hydrogen-bond donors (Lipinski definition) is 3. The van der Waals surface area contributed by atoms with Gasteiger partial charge < -0.3 is 39.1 Å². The third kappa shape index (κ3) is 7.63. The zero-order valence-electron chi connectivity index (χ0n) is 24.9. The number of hydrogen-bond acceptors (Lipinski definition) is 10. The molecular formula is C32H32N4O9. The van der Waals surface area contributed by atoms with Crippen molar-refractivity contribution in [2.24, 2.45) is 5.10 Å². The molecule has 13 nitrogen and oxygen atoms in total. The van der Waals surface area contributed by atoms with E-state index in [0.717, 1.165) is 16.9 Å². The Labute approximate surface area is 259 Å². The number of fused-ring (bicyclic) bond motifs is 1. The lowest BCUT2D eigenvalue weighted by atomic mass is 9.95.